The molecule has 1 aliphatic rings. The molecule has 1 fully saturated rings. The van der Waals surface area contributed by atoms with Gasteiger partial charge in [0.2, 0.25) is 0 Å². The maximum Gasteiger partial charge on any atom is 0.328 e. The first kappa shape index (κ1) is 17.6. The molecule has 1 aliphatic heterocycles. The van der Waals surface area contributed by atoms with Gasteiger partial charge in [0.25, 0.3) is 5.91 Å². The second-order valence-electron chi connectivity index (χ2n) is 4.77. The number of carbonyl (C=O) groups is 2. The summed E-state index contributed by atoms with van der Waals surface area (Å²) >= 11 is 6.06. The third-order valence-corrected chi connectivity index (χ3v) is 3.77. The van der Waals surface area contributed by atoms with Gasteiger partial charge in [-0.3, -0.25) is 4.79 Å². The van der Waals surface area contributed by atoms with Crippen LogP contribution in [0.4, 0.5) is 5.69 Å². The van der Waals surface area contributed by atoms with Crippen LogP contribution in [0.1, 0.15) is 29.6 Å². The summed E-state index contributed by atoms with van der Waals surface area (Å²) < 4.78 is 4.77. The number of nitrogens with zero attached hydrogens (tertiary/aromatic N) is 1. The highest BCUT2D eigenvalue weighted by Crippen LogP contribution is 2.25. The van der Waals surface area contributed by atoms with Gasteiger partial charge in [-0.25, -0.2) is 4.79 Å². The lowest BCUT2D eigenvalue weighted by Crippen LogP contribution is -2.48. The van der Waals surface area contributed by atoms with Crippen LogP contribution in [0.5, 0.6) is 0 Å². The second-order valence-corrected chi connectivity index (χ2v) is 5.18. The minimum atomic E-state index is -0.533. The van der Waals surface area contributed by atoms with Crippen LogP contribution in [0.25, 0.3) is 0 Å². The van der Waals surface area contributed by atoms with E-state index in [1.54, 1.807) is 12.1 Å². The van der Waals surface area contributed by atoms with Crippen LogP contribution in [0.2, 0.25) is 5.02 Å². The summed E-state index contributed by atoms with van der Waals surface area (Å²) in [5.41, 5.74) is 6.47. The van der Waals surface area contributed by atoms with E-state index in [9.17, 15) is 9.59 Å². The van der Waals surface area contributed by atoms with Crippen molar-refractivity contribution >= 4 is 41.6 Å². The quantitative estimate of drug-likeness (QED) is 0.667. The zero-order valence-electron chi connectivity index (χ0n) is 11.7. The Hall–Kier alpha value is -1.46. The number of anilines is 1. The van der Waals surface area contributed by atoms with Crippen molar-refractivity contribution in [3.8, 4) is 0 Å². The number of hydrogen-bond acceptors (Lipinski definition) is 4. The van der Waals surface area contributed by atoms with Crippen LogP contribution in [0.15, 0.2) is 18.2 Å². The molecule has 0 radical (unpaired) electrons. The molecule has 21 heavy (non-hydrogen) atoms. The summed E-state index contributed by atoms with van der Waals surface area (Å²) in [6.07, 6.45) is 2.38. The number of hydrogen-bond donors (Lipinski definition) is 1. The fourth-order valence-corrected chi connectivity index (χ4v) is 2.69. The number of carbonyl (C=O) groups excluding carboxylic acids is 2. The minimum Gasteiger partial charge on any atom is -0.467 e. The molecule has 2 rings (SSSR count). The molecule has 0 saturated carbocycles. The van der Waals surface area contributed by atoms with Gasteiger partial charge in [0, 0.05) is 12.2 Å². The number of nitrogen functional groups attached to an aromatic ring is 1. The maximum atomic E-state index is 12.6. The zero-order chi connectivity index (χ0) is 14.7. The molecule has 1 aromatic carbocycles. The maximum absolute atomic E-state index is 12.6. The van der Waals surface area contributed by atoms with Crippen LogP contribution in [-0.4, -0.2) is 36.5 Å². The molecule has 1 saturated heterocycles. The molecule has 1 heterocycles. The van der Waals surface area contributed by atoms with E-state index in [4.69, 9.17) is 22.1 Å². The highest BCUT2D eigenvalue weighted by molar-refractivity contribution is 6.34. The number of amides is 1. The van der Waals surface area contributed by atoms with E-state index >= 15 is 0 Å². The van der Waals surface area contributed by atoms with E-state index in [2.05, 4.69) is 0 Å². The van der Waals surface area contributed by atoms with Crippen molar-refractivity contribution in [2.75, 3.05) is 19.4 Å². The van der Waals surface area contributed by atoms with Crippen LogP contribution in [0, 0.1) is 0 Å². The molecule has 116 valence electrons. The smallest absolute Gasteiger partial charge is 0.328 e. The largest absolute Gasteiger partial charge is 0.467 e. The molecule has 1 unspecified atom stereocenters. The van der Waals surface area contributed by atoms with Crippen molar-refractivity contribution in [2.45, 2.75) is 25.3 Å². The third kappa shape index (κ3) is 3.80. The van der Waals surface area contributed by atoms with E-state index in [1.165, 1.54) is 18.1 Å². The van der Waals surface area contributed by atoms with E-state index in [0.29, 0.717) is 29.2 Å². The minimum absolute atomic E-state index is 0. The van der Waals surface area contributed by atoms with Crippen LogP contribution >= 0.6 is 24.0 Å². The van der Waals surface area contributed by atoms with Crippen molar-refractivity contribution in [1.29, 1.82) is 0 Å². The molecular weight excluding hydrogens is 315 g/mol. The Labute approximate surface area is 134 Å². The van der Waals surface area contributed by atoms with Gasteiger partial charge in [0.05, 0.1) is 17.7 Å². The van der Waals surface area contributed by atoms with Gasteiger partial charge < -0.3 is 15.4 Å². The van der Waals surface area contributed by atoms with Crippen molar-refractivity contribution in [3.05, 3.63) is 28.8 Å². The summed E-state index contributed by atoms with van der Waals surface area (Å²) in [5, 5.41) is 0.296. The van der Waals surface area contributed by atoms with Crippen molar-refractivity contribution < 1.29 is 14.3 Å². The second kappa shape index (κ2) is 7.52. The van der Waals surface area contributed by atoms with E-state index in [-0.39, 0.29) is 24.3 Å². The lowest BCUT2D eigenvalue weighted by Gasteiger charge is -2.34. The number of ether oxygens (including phenoxy) is 1. The van der Waals surface area contributed by atoms with Gasteiger partial charge in [-0.1, -0.05) is 11.6 Å². The summed E-state index contributed by atoms with van der Waals surface area (Å²) in [5.74, 6) is -0.644. The van der Waals surface area contributed by atoms with E-state index in [0.717, 1.165) is 12.8 Å². The van der Waals surface area contributed by atoms with Gasteiger partial charge in [-0.15, -0.1) is 12.4 Å². The summed E-state index contributed by atoms with van der Waals surface area (Å²) in [6.45, 7) is 0.527. The number of piperidine rings is 1. The summed E-state index contributed by atoms with van der Waals surface area (Å²) in [7, 11) is 1.33. The first-order valence-electron chi connectivity index (χ1n) is 6.48. The molecule has 1 aromatic rings. The first-order chi connectivity index (χ1) is 9.54. The number of likely N-dealkylation sites (tertiary alicyclic amines) is 1. The average Bonchev–Trinajstić information content (AvgIpc) is 2.46. The molecule has 7 heteroatoms. The molecular formula is C14H18Cl2N2O3. The monoisotopic (exact) mass is 332 g/mol. The van der Waals surface area contributed by atoms with Crippen molar-refractivity contribution in [1.82, 2.24) is 4.90 Å². The van der Waals surface area contributed by atoms with Gasteiger partial charge in [0.15, 0.2) is 0 Å². The first-order valence-corrected chi connectivity index (χ1v) is 6.86. The fourth-order valence-electron chi connectivity index (χ4n) is 2.42. The lowest BCUT2D eigenvalue weighted by molar-refractivity contribution is -0.147. The normalized spacial score (nSPS) is 17.8. The Morgan fingerprint density at radius 1 is 1.38 bits per heavy atom. The zero-order valence-corrected chi connectivity index (χ0v) is 13.2. The Balaban J connectivity index is 0.00000220. The number of rotatable bonds is 2. The predicted molar refractivity (Wildman–Crippen MR) is 83.8 cm³/mol. The third-order valence-electron chi connectivity index (χ3n) is 3.46. The molecule has 1 amide bonds. The van der Waals surface area contributed by atoms with Crippen LogP contribution < -0.4 is 5.73 Å². The number of methoxy groups -OCH3 is 1. The molecule has 2 N–H and O–H groups in total. The number of esters is 1. The fraction of sp³-hybridized carbons (Fsp3) is 0.429. The Bertz CT molecular complexity index is 537. The molecule has 0 aliphatic carbocycles. The Morgan fingerprint density at radius 2 is 2.10 bits per heavy atom. The standard InChI is InChI=1S/C14H17ClN2O3.ClH/c1-20-14(19)12-4-2-3-7-17(12)13(18)10-6-5-9(16)8-11(10)15;/h5-6,8,12H,2-4,7,16H2,1H3;1H. The number of halogens is 2. The lowest BCUT2D eigenvalue weighted by atomic mass is 10.0. The number of nitrogens with two attached hydrogens (primary N) is 1. The summed E-state index contributed by atoms with van der Waals surface area (Å²) in [6, 6.07) is 4.21. The SMILES string of the molecule is COC(=O)C1CCCCN1C(=O)c1ccc(N)cc1Cl.Cl. The predicted octanol–water partition coefficient (Wildman–Crippen LogP) is 2.51. The van der Waals surface area contributed by atoms with Crippen molar-refractivity contribution in [3.63, 3.8) is 0 Å². The molecule has 0 aromatic heterocycles. The summed E-state index contributed by atoms with van der Waals surface area (Å²) in [4.78, 5) is 25.9. The van der Waals surface area contributed by atoms with Gasteiger partial charge in [0.1, 0.15) is 6.04 Å². The average molecular weight is 333 g/mol. The highest BCUT2D eigenvalue weighted by Gasteiger charge is 2.33. The molecule has 0 spiro atoms. The van der Waals surface area contributed by atoms with Crippen molar-refractivity contribution in [2.24, 2.45) is 0 Å². The molecule has 1 atom stereocenters. The van der Waals surface area contributed by atoms with Gasteiger partial charge in [-0.05, 0) is 37.5 Å². The Kier molecular flexibility index (Phi) is 6.30. The van der Waals surface area contributed by atoms with Gasteiger partial charge in [-0.2, -0.15) is 0 Å². The van der Waals surface area contributed by atoms with E-state index < -0.39 is 6.04 Å². The van der Waals surface area contributed by atoms with E-state index in [1.807, 2.05) is 0 Å². The molecule has 0 bridgehead atoms. The van der Waals surface area contributed by atoms with Crippen LogP contribution in [0.3, 0.4) is 0 Å². The molecule has 5 nitrogen and oxygen atoms in total. The van der Waals surface area contributed by atoms with Crippen LogP contribution in [-0.2, 0) is 9.53 Å². The number of benzene rings is 1. The Morgan fingerprint density at radius 3 is 2.71 bits per heavy atom. The highest BCUT2D eigenvalue weighted by atomic mass is 35.5. The topological polar surface area (TPSA) is 72.6 Å². The van der Waals surface area contributed by atoms with Gasteiger partial charge >= 0.3 is 5.97 Å².